The van der Waals surface area contributed by atoms with E-state index in [1.165, 1.54) is 17.0 Å². The molecule has 0 radical (unpaired) electrons. The SMILES string of the molecule is CN(C(=O)c1cccc(O)c1)c1ccc(C(N)=S)cc1. The molecule has 0 aliphatic carbocycles. The van der Waals surface area contributed by atoms with Crippen LogP contribution in [0.1, 0.15) is 15.9 Å². The van der Waals surface area contributed by atoms with Gasteiger partial charge >= 0.3 is 0 Å². The molecule has 0 aliphatic heterocycles. The van der Waals surface area contributed by atoms with Crippen molar-refractivity contribution in [2.45, 2.75) is 0 Å². The molecule has 5 heteroatoms. The summed E-state index contributed by atoms with van der Waals surface area (Å²) in [7, 11) is 1.67. The predicted octanol–water partition coefficient (Wildman–Crippen LogP) is 2.30. The van der Waals surface area contributed by atoms with Crippen LogP contribution in [0.25, 0.3) is 0 Å². The number of aromatic hydroxyl groups is 1. The van der Waals surface area contributed by atoms with Gasteiger partial charge < -0.3 is 15.7 Å². The highest BCUT2D eigenvalue weighted by atomic mass is 32.1. The lowest BCUT2D eigenvalue weighted by molar-refractivity contribution is 0.0992. The number of hydrogen-bond donors (Lipinski definition) is 2. The van der Waals surface area contributed by atoms with Crippen molar-refractivity contribution in [3.05, 3.63) is 59.7 Å². The molecule has 0 heterocycles. The molecule has 0 bridgehead atoms. The number of carbonyl (C=O) groups is 1. The number of carbonyl (C=O) groups excluding carboxylic acids is 1. The molecule has 1 amide bonds. The smallest absolute Gasteiger partial charge is 0.258 e. The van der Waals surface area contributed by atoms with Crippen molar-refractivity contribution in [2.24, 2.45) is 5.73 Å². The first-order valence-electron chi connectivity index (χ1n) is 5.96. The van der Waals surface area contributed by atoms with Crippen LogP contribution in [-0.4, -0.2) is 23.0 Å². The molecule has 2 aromatic carbocycles. The quantitative estimate of drug-likeness (QED) is 0.850. The van der Waals surface area contributed by atoms with E-state index in [0.717, 1.165) is 11.3 Å². The summed E-state index contributed by atoms with van der Waals surface area (Å²) in [4.78, 5) is 14.1. The Hall–Kier alpha value is -2.40. The minimum atomic E-state index is -0.205. The first-order chi connectivity index (χ1) is 9.49. The first kappa shape index (κ1) is 14.0. The zero-order chi connectivity index (χ0) is 14.7. The first-order valence-corrected chi connectivity index (χ1v) is 6.37. The highest BCUT2D eigenvalue weighted by molar-refractivity contribution is 7.80. The number of thiocarbonyl (C=S) groups is 1. The van der Waals surface area contributed by atoms with Gasteiger partial charge in [0.25, 0.3) is 5.91 Å². The van der Waals surface area contributed by atoms with E-state index in [2.05, 4.69) is 0 Å². The Morgan fingerprint density at radius 2 is 1.80 bits per heavy atom. The molecule has 0 aliphatic rings. The molecular weight excluding hydrogens is 272 g/mol. The maximum absolute atomic E-state index is 12.3. The second-order valence-electron chi connectivity index (χ2n) is 4.33. The van der Waals surface area contributed by atoms with Crippen LogP contribution in [0.3, 0.4) is 0 Å². The highest BCUT2D eigenvalue weighted by Crippen LogP contribution is 2.18. The van der Waals surface area contributed by atoms with Crippen LogP contribution in [0.2, 0.25) is 0 Å². The summed E-state index contributed by atoms with van der Waals surface area (Å²) in [6, 6.07) is 13.3. The topological polar surface area (TPSA) is 66.6 Å². The molecule has 0 atom stereocenters. The molecule has 2 rings (SSSR count). The van der Waals surface area contributed by atoms with Crippen LogP contribution < -0.4 is 10.6 Å². The number of nitrogens with two attached hydrogens (primary N) is 1. The fraction of sp³-hybridized carbons (Fsp3) is 0.0667. The van der Waals surface area contributed by atoms with Gasteiger partial charge in [-0.3, -0.25) is 4.79 Å². The molecule has 0 saturated heterocycles. The van der Waals surface area contributed by atoms with E-state index in [-0.39, 0.29) is 11.7 Å². The maximum atomic E-state index is 12.3. The average molecular weight is 286 g/mol. The van der Waals surface area contributed by atoms with Crippen molar-refractivity contribution < 1.29 is 9.90 Å². The molecule has 0 unspecified atom stereocenters. The molecule has 0 aromatic heterocycles. The number of amides is 1. The van der Waals surface area contributed by atoms with Crippen LogP contribution in [-0.2, 0) is 0 Å². The molecule has 20 heavy (non-hydrogen) atoms. The van der Waals surface area contributed by atoms with Crippen LogP contribution in [0.5, 0.6) is 5.75 Å². The summed E-state index contributed by atoms with van der Waals surface area (Å²) >= 11 is 4.88. The zero-order valence-corrected chi connectivity index (χ0v) is 11.7. The number of nitrogens with zero attached hydrogens (tertiary/aromatic N) is 1. The summed E-state index contributed by atoms with van der Waals surface area (Å²) in [5.41, 5.74) is 7.43. The van der Waals surface area contributed by atoms with E-state index in [1.54, 1.807) is 43.4 Å². The minimum absolute atomic E-state index is 0.0630. The summed E-state index contributed by atoms with van der Waals surface area (Å²) in [5, 5.41) is 9.41. The van der Waals surface area contributed by atoms with Gasteiger partial charge in [0.05, 0.1) is 0 Å². The third-order valence-corrected chi connectivity index (χ3v) is 3.17. The average Bonchev–Trinajstić information content (AvgIpc) is 2.46. The lowest BCUT2D eigenvalue weighted by Gasteiger charge is -2.17. The lowest BCUT2D eigenvalue weighted by atomic mass is 10.1. The summed E-state index contributed by atoms with van der Waals surface area (Å²) < 4.78 is 0. The van der Waals surface area contributed by atoms with Gasteiger partial charge in [0, 0.05) is 23.9 Å². The van der Waals surface area contributed by atoms with Crippen molar-refractivity contribution >= 4 is 28.8 Å². The number of anilines is 1. The van der Waals surface area contributed by atoms with Gasteiger partial charge in [-0.1, -0.05) is 18.3 Å². The van der Waals surface area contributed by atoms with Gasteiger partial charge in [-0.15, -0.1) is 0 Å². The Morgan fingerprint density at radius 1 is 1.15 bits per heavy atom. The third kappa shape index (κ3) is 2.95. The molecular formula is C15H14N2O2S. The number of rotatable bonds is 3. The third-order valence-electron chi connectivity index (χ3n) is 2.94. The largest absolute Gasteiger partial charge is 0.508 e. The van der Waals surface area contributed by atoms with Crippen LogP contribution in [0, 0.1) is 0 Å². The van der Waals surface area contributed by atoms with E-state index in [4.69, 9.17) is 18.0 Å². The van der Waals surface area contributed by atoms with Gasteiger partial charge in [-0.25, -0.2) is 0 Å². The highest BCUT2D eigenvalue weighted by Gasteiger charge is 2.13. The fourth-order valence-corrected chi connectivity index (χ4v) is 1.94. The second kappa shape index (κ2) is 5.71. The molecule has 0 spiro atoms. The summed E-state index contributed by atoms with van der Waals surface area (Å²) in [6.07, 6.45) is 0. The Morgan fingerprint density at radius 3 is 2.35 bits per heavy atom. The van der Waals surface area contributed by atoms with E-state index in [0.29, 0.717) is 10.6 Å². The molecule has 0 fully saturated rings. The number of benzene rings is 2. The number of hydrogen-bond acceptors (Lipinski definition) is 3. The van der Waals surface area contributed by atoms with E-state index >= 15 is 0 Å². The second-order valence-corrected chi connectivity index (χ2v) is 4.77. The molecule has 2 aromatic rings. The summed E-state index contributed by atoms with van der Waals surface area (Å²) in [5.74, 6) is -0.142. The molecule has 102 valence electrons. The Bertz CT molecular complexity index is 653. The summed E-state index contributed by atoms with van der Waals surface area (Å²) in [6.45, 7) is 0. The molecule has 4 nitrogen and oxygen atoms in total. The predicted molar refractivity (Wildman–Crippen MR) is 83.2 cm³/mol. The standard InChI is InChI=1S/C15H14N2O2S/c1-17(12-7-5-10(6-8-12)14(16)20)15(19)11-3-2-4-13(18)9-11/h2-9,18H,1H3,(H2,16,20). The number of phenols is 1. The van der Waals surface area contributed by atoms with E-state index < -0.39 is 0 Å². The minimum Gasteiger partial charge on any atom is -0.508 e. The van der Waals surface area contributed by atoms with E-state index in [1.807, 2.05) is 0 Å². The molecule has 3 N–H and O–H groups in total. The van der Waals surface area contributed by atoms with E-state index in [9.17, 15) is 9.90 Å². The van der Waals surface area contributed by atoms with Gasteiger partial charge in [0.15, 0.2) is 0 Å². The fourth-order valence-electron chi connectivity index (χ4n) is 1.80. The van der Waals surface area contributed by atoms with Gasteiger partial charge in [-0.2, -0.15) is 0 Å². The van der Waals surface area contributed by atoms with Crippen LogP contribution in [0.15, 0.2) is 48.5 Å². The van der Waals surface area contributed by atoms with Gasteiger partial charge in [-0.05, 0) is 42.5 Å². The van der Waals surface area contributed by atoms with Crippen molar-refractivity contribution in [1.29, 1.82) is 0 Å². The Balaban J connectivity index is 2.24. The lowest BCUT2D eigenvalue weighted by Crippen LogP contribution is -2.26. The Labute approximate surface area is 122 Å². The maximum Gasteiger partial charge on any atom is 0.258 e. The van der Waals surface area contributed by atoms with Crippen molar-refractivity contribution in [3.63, 3.8) is 0 Å². The molecule has 0 saturated carbocycles. The zero-order valence-electron chi connectivity index (χ0n) is 10.9. The van der Waals surface area contributed by atoms with Gasteiger partial charge in [0.2, 0.25) is 0 Å². The monoisotopic (exact) mass is 286 g/mol. The number of phenolic OH excluding ortho intramolecular Hbond substituents is 1. The van der Waals surface area contributed by atoms with Crippen LogP contribution >= 0.6 is 12.2 Å². The van der Waals surface area contributed by atoms with Crippen molar-refractivity contribution in [1.82, 2.24) is 0 Å². The normalized spacial score (nSPS) is 10.1. The van der Waals surface area contributed by atoms with Crippen LogP contribution in [0.4, 0.5) is 5.69 Å². The van der Waals surface area contributed by atoms with Crippen molar-refractivity contribution in [3.8, 4) is 5.75 Å². The Kier molecular flexibility index (Phi) is 4.00. The van der Waals surface area contributed by atoms with Gasteiger partial charge in [0.1, 0.15) is 10.7 Å². The van der Waals surface area contributed by atoms with Crippen molar-refractivity contribution in [2.75, 3.05) is 11.9 Å².